The lowest BCUT2D eigenvalue weighted by atomic mass is 10.1. The molecule has 1 aromatic heterocycles. The Morgan fingerprint density at radius 2 is 1.68 bits per heavy atom. The average Bonchev–Trinajstić information content (AvgIpc) is 2.71. The smallest absolute Gasteiger partial charge is 0.329 e. The van der Waals surface area contributed by atoms with Crippen LogP contribution < -0.4 is 4.74 Å². The van der Waals surface area contributed by atoms with Crippen molar-refractivity contribution in [3.8, 4) is 16.9 Å². The maximum absolute atomic E-state index is 11.9. The van der Waals surface area contributed by atoms with Crippen molar-refractivity contribution in [2.45, 2.75) is 63.4 Å². The summed E-state index contributed by atoms with van der Waals surface area (Å²) in [6.45, 7) is 6.00. The van der Waals surface area contributed by atoms with E-state index < -0.39 is 11.3 Å². The van der Waals surface area contributed by atoms with Crippen molar-refractivity contribution in [2.75, 3.05) is 5.75 Å². The molecule has 6 heteroatoms. The van der Waals surface area contributed by atoms with Crippen LogP contribution in [0.4, 0.5) is 0 Å². The Morgan fingerprint density at radius 3 is 2.29 bits per heavy atom. The summed E-state index contributed by atoms with van der Waals surface area (Å²) in [5.74, 6) is 1.14. The molecule has 2 rings (SSSR count). The van der Waals surface area contributed by atoms with E-state index in [0.717, 1.165) is 22.0 Å². The molecule has 0 amide bonds. The first-order chi connectivity index (χ1) is 13.5. The second kappa shape index (κ2) is 12.1. The molecule has 0 aliphatic heterocycles. The topological polar surface area (TPSA) is 52.1 Å². The fourth-order valence-corrected chi connectivity index (χ4v) is 3.40. The molecule has 0 aliphatic rings. The van der Waals surface area contributed by atoms with E-state index in [-0.39, 0.29) is 5.92 Å². The highest BCUT2D eigenvalue weighted by molar-refractivity contribution is 7.99. The van der Waals surface area contributed by atoms with Gasteiger partial charge in [0.1, 0.15) is 11.1 Å². The summed E-state index contributed by atoms with van der Waals surface area (Å²) in [7, 11) is 0. The number of hydrogen-bond acceptors (Lipinski definition) is 5. The van der Waals surface area contributed by atoms with E-state index in [1.165, 1.54) is 32.1 Å². The number of hydrogen-bond donors (Lipinski definition) is 0. The van der Waals surface area contributed by atoms with Gasteiger partial charge in [0.15, 0.2) is 5.16 Å². The summed E-state index contributed by atoms with van der Waals surface area (Å²) >= 11 is 7.74. The molecule has 2 aromatic rings. The summed E-state index contributed by atoms with van der Waals surface area (Å²) < 4.78 is 5.32. The second-order valence-electron chi connectivity index (χ2n) is 7.11. The molecule has 28 heavy (non-hydrogen) atoms. The number of halogens is 1. The number of carbonyl (C=O) groups excluding carboxylic acids is 1. The SMILES string of the molecule is CCCCCCCSc1ncc(-c2ccc(OC(=O)[C@@H](Cl)C(C)C)cc2)cn1. The molecule has 1 atom stereocenters. The third-order valence-corrected chi connectivity index (χ3v) is 5.97. The van der Waals surface area contributed by atoms with Gasteiger partial charge in [0, 0.05) is 23.7 Å². The Kier molecular flexibility index (Phi) is 9.79. The van der Waals surface area contributed by atoms with E-state index >= 15 is 0 Å². The number of carbonyl (C=O) groups is 1. The van der Waals surface area contributed by atoms with Gasteiger partial charge in [-0.05, 0) is 30.0 Å². The number of alkyl halides is 1. The number of unbranched alkanes of at least 4 members (excludes halogenated alkanes) is 4. The van der Waals surface area contributed by atoms with Gasteiger partial charge in [-0.15, -0.1) is 11.6 Å². The molecule has 0 radical (unpaired) electrons. The number of benzene rings is 1. The molecule has 152 valence electrons. The van der Waals surface area contributed by atoms with Gasteiger partial charge in [0.05, 0.1) is 0 Å². The molecule has 0 fully saturated rings. The summed E-state index contributed by atoms with van der Waals surface area (Å²) in [4.78, 5) is 20.8. The summed E-state index contributed by atoms with van der Waals surface area (Å²) in [6.07, 6.45) is 10.0. The molecule has 0 saturated heterocycles. The highest BCUT2D eigenvalue weighted by Gasteiger charge is 2.21. The molecule has 0 spiro atoms. The van der Waals surface area contributed by atoms with E-state index in [9.17, 15) is 4.79 Å². The number of thioether (sulfide) groups is 1. The average molecular weight is 421 g/mol. The molecular formula is C22H29ClN2O2S. The molecule has 0 bridgehead atoms. The Morgan fingerprint density at radius 1 is 1.04 bits per heavy atom. The number of aromatic nitrogens is 2. The normalized spacial score (nSPS) is 12.2. The van der Waals surface area contributed by atoms with Crippen molar-refractivity contribution in [3.63, 3.8) is 0 Å². The van der Waals surface area contributed by atoms with E-state index in [1.807, 2.05) is 38.4 Å². The van der Waals surface area contributed by atoms with Crippen LogP contribution in [-0.2, 0) is 4.79 Å². The Hall–Kier alpha value is -1.59. The molecule has 0 N–H and O–H groups in total. The maximum atomic E-state index is 11.9. The minimum absolute atomic E-state index is 0.0262. The minimum atomic E-state index is -0.648. The van der Waals surface area contributed by atoms with Gasteiger partial charge in [0.25, 0.3) is 0 Å². The summed E-state index contributed by atoms with van der Waals surface area (Å²) in [5.41, 5.74) is 1.91. The molecule has 1 aromatic carbocycles. The van der Waals surface area contributed by atoms with Crippen LogP contribution in [0.25, 0.3) is 11.1 Å². The van der Waals surface area contributed by atoms with E-state index in [2.05, 4.69) is 16.9 Å². The monoisotopic (exact) mass is 420 g/mol. The van der Waals surface area contributed by atoms with Gasteiger partial charge in [-0.25, -0.2) is 9.97 Å². The van der Waals surface area contributed by atoms with Crippen LogP contribution in [0.5, 0.6) is 5.75 Å². The fourth-order valence-electron chi connectivity index (χ4n) is 2.57. The Balaban J connectivity index is 1.85. The summed E-state index contributed by atoms with van der Waals surface area (Å²) in [5, 5.41) is 0.163. The van der Waals surface area contributed by atoms with Crippen molar-refractivity contribution in [2.24, 2.45) is 5.92 Å². The minimum Gasteiger partial charge on any atom is -0.425 e. The maximum Gasteiger partial charge on any atom is 0.329 e. The predicted molar refractivity (Wildman–Crippen MR) is 117 cm³/mol. The largest absolute Gasteiger partial charge is 0.425 e. The van der Waals surface area contributed by atoms with E-state index in [0.29, 0.717) is 5.75 Å². The first-order valence-corrected chi connectivity index (χ1v) is 11.3. The van der Waals surface area contributed by atoms with Crippen molar-refractivity contribution in [1.82, 2.24) is 9.97 Å². The van der Waals surface area contributed by atoms with Crippen LogP contribution in [0.15, 0.2) is 41.8 Å². The highest BCUT2D eigenvalue weighted by atomic mass is 35.5. The second-order valence-corrected chi connectivity index (χ2v) is 8.64. The highest BCUT2D eigenvalue weighted by Crippen LogP contribution is 2.24. The van der Waals surface area contributed by atoms with Gasteiger partial charge in [0.2, 0.25) is 0 Å². The van der Waals surface area contributed by atoms with Crippen LogP contribution in [0.1, 0.15) is 52.9 Å². The van der Waals surface area contributed by atoms with E-state index in [4.69, 9.17) is 16.3 Å². The quantitative estimate of drug-likeness (QED) is 0.105. The summed E-state index contributed by atoms with van der Waals surface area (Å²) in [6, 6.07) is 7.30. The molecule has 0 unspecified atom stereocenters. The first kappa shape index (κ1) is 22.7. The van der Waals surface area contributed by atoms with Gasteiger partial charge >= 0.3 is 5.97 Å². The number of ether oxygens (including phenoxy) is 1. The van der Waals surface area contributed by atoms with Gasteiger partial charge in [-0.2, -0.15) is 0 Å². The zero-order valence-electron chi connectivity index (χ0n) is 16.9. The number of nitrogens with zero attached hydrogens (tertiary/aromatic N) is 2. The van der Waals surface area contributed by atoms with Gasteiger partial charge in [-0.3, -0.25) is 4.79 Å². The molecule has 0 aliphatic carbocycles. The van der Waals surface area contributed by atoms with Crippen molar-refractivity contribution in [1.29, 1.82) is 0 Å². The molecule has 4 nitrogen and oxygen atoms in total. The lowest BCUT2D eigenvalue weighted by molar-refractivity contribution is -0.134. The lowest BCUT2D eigenvalue weighted by Gasteiger charge is -2.12. The predicted octanol–water partition coefficient (Wildman–Crippen LogP) is 6.37. The molecule has 1 heterocycles. The lowest BCUT2D eigenvalue weighted by Crippen LogP contribution is -2.25. The number of rotatable bonds is 11. The number of esters is 1. The Bertz CT molecular complexity index is 720. The van der Waals surface area contributed by atoms with Crippen molar-refractivity contribution in [3.05, 3.63) is 36.7 Å². The van der Waals surface area contributed by atoms with E-state index in [1.54, 1.807) is 23.9 Å². The Labute approximate surface area is 177 Å². The third-order valence-electron chi connectivity index (χ3n) is 4.32. The molecular weight excluding hydrogens is 392 g/mol. The van der Waals surface area contributed by atoms with Crippen LogP contribution in [-0.4, -0.2) is 27.1 Å². The van der Waals surface area contributed by atoms with Crippen LogP contribution in [0.3, 0.4) is 0 Å². The van der Waals surface area contributed by atoms with Crippen molar-refractivity contribution < 1.29 is 9.53 Å². The first-order valence-electron chi connectivity index (χ1n) is 9.92. The van der Waals surface area contributed by atoms with Gasteiger partial charge in [-0.1, -0.05) is 70.3 Å². The van der Waals surface area contributed by atoms with Gasteiger partial charge < -0.3 is 4.74 Å². The van der Waals surface area contributed by atoms with Crippen molar-refractivity contribution >= 4 is 29.3 Å². The fraction of sp³-hybridized carbons (Fsp3) is 0.500. The standard InChI is InChI=1S/C22H29ClN2O2S/c1-4-5-6-7-8-13-28-22-24-14-18(15-25-22)17-9-11-19(12-10-17)27-21(26)20(23)16(2)3/h9-12,14-16,20H,4-8,13H2,1-3H3/t20-/m0/s1. The van der Waals surface area contributed by atoms with Crippen LogP contribution >= 0.6 is 23.4 Å². The zero-order valence-corrected chi connectivity index (χ0v) is 18.4. The van der Waals surface area contributed by atoms with Crippen LogP contribution in [0.2, 0.25) is 0 Å². The third kappa shape index (κ3) is 7.44. The molecule has 0 saturated carbocycles. The van der Waals surface area contributed by atoms with Crippen LogP contribution in [0, 0.1) is 5.92 Å². The zero-order chi connectivity index (χ0) is 20.4.